The van der Waals surface area contributed by atoms with Crippen LogP contribution in [0.2, 0.25) is 0 Å². The zero-order chi connectivity index (χ0) is 96.1. The number of likely N-dealkylation sites (N-methyl/N-ethyl adjacent to an activating group) is 1. The number of aromatic nitrogens is 3. The number of nitrogens with zero attached hydrogens (tertiary/aromatic N) is 5. The number of H-pyrrole nitrogens is 2. The average molecular weight is 1910 g/mol. The van der Waals surface area contributed by atoms with Crippen LogP contribution in [0.3, 0.4) is 0 Å². The number of aliphatic hydroxyl groups excluding tert-OH is 1. The van der Waals surface area contributed by atoms with Crippen molar-refractivity contribution in [3.8, 4) is 18.1 Å². The number of carboxylic acid groups (broad SMARTS) is 2. The minimum atomic E-state index is -2.68. The summed E-state index contributed by atoms with van der Waals surface area (Å²) in [6.45, 7) is 13.2. The lowest BCUT2D eigenvalue weighted by atomic mass is 9.42. The maximum absolute atomic E-state index is 15.4. The summed E-state index contributed by atoms with van der Waals surface area (Å²) in [5, 5.41) is 70.4. The fourth-order valence-corrected chi connectivity index (χ4v) is 24.2. The molecule has 2 bridgehead atoms. The second-order valence-electron chi connectivity index (χ2n) is 35.4. The molecule has 2 saturated heterocycles. The summed E-state index contributed by atoms with van der Waals surface area (Å²) in [5.74, 6) is -5.79. The fraction of sp³-hybridized carbons (Fsp3) is 0.527. The van der Waals surface area contributed by atoms with E-state index in [1.165, 1.54) is 76.1 Å². The van der Waals surface area contributed by atoms with Gasteiger partial charge in [-0.3, -0.25) is 68.2 Å². The quantitative estimate of drug-likeness (QED) is 0.00305. The van der Waals surface area contributed by atoms with Gasteiger partial charge in [0.25, 0.3) is 23.8 Å². The van der Waals surface area contributed by atoms with Gasteiger partial charge < -0.3 is 86.3 Å². The van der Waals surface area contributed by atoms with E-state index >= 15 is 4.79 Å². The Balaban J connectivity index is 0.539. The van der Waals surface area contributed by atoms with E-state index in [9.17, 15) is 83.1 Å². The van der Waals surface area contributed by atoms with E-state index < -0.39 is 147 Å². The number of ether oxygens (including phenoxy) is 4. The number of amides is 6. The number of anilines is 3. The number of nitrogen functional groups attached to an aromatic ring is 1. The lowest BCUT2D eigenvalue weighted by Gasteiger charge is -2.68. The number of ketones is 2. The number of nitrogens with two attached hydrogens (primary N) is 1. The van der Waals surface area contributed by atoms with Gasteiger partial charge in [-0.15, -0.1) is 6.42 Å². The van der Waals surface area contributed by atoms with Crippen LogP contribution in [0.15, 0.2) is 95.8 Å². The number of terminal acetylenes is 1. The molecule has 133 heavy (non-hydrogen) atoms. The second kappa shape index (κ2) is 43.6. The van der Waals surface area contributed by atoms with Crippen molar-refractivity contribution in [3.63, 3.8) is 0 Å². The molecular weight excluding hydrogens is 1790 g/mol. The Kier molecular flexibility index (Phi) is 33.2. The van der Waals surface area contributed by atoms with E-state index in [0.717, 1.165) is 33.3 Å². The molecule has 2 unspecified atom stereocenters. The number of benzene rings is 4. The number of aliphatic carboxylic acids is 2. The molecule has 6 amide bonds. The summed E-state index contributed by atoms with van der Waals surface area (Å²) in [7, 11) is 8.53. The van der Waals surface area contributed by atoms with Crippen LogP contribution in [0.4, 0.5) is 22.1 Å². The van der Waals surface area contributed by atoms with Gasteiger partial charge in [0, 0.05) is 175 Å². The van der Waals surface area contributed by atoms with Gasteiger partial charge in [-0.1, -0.05) is 113 Å². The molecule has 7 heterocycles. The van der Waals surface area contributed by atoms with Crippen LogP contribution in [0, 0.1) is 35.5 Å². The van der Waals surface area contributed by atoms with Gasteiger partial charge in [-0.25, -0.2) is 24.8 Å². The number of piperidine rings is 1. The Hall–Kier alpha value is -10.9. The van der Waals surface area contributed by atoms with Crippen molar-refractivity contribution < 1.29 is 102 Å². The van der Waals surface area contributed by atoms with Crippen LogP contribution in [-0.2, 0) is 86.0 Å². The van der Waals surface area contributed by atoms with Crippen LogP contribution in [0.25, 0.3) is 21.8 Å². The highest BCUT2D eigenvalue weighted by Crippen LogP contribution is 2.72. The molecule has 15 N–H and O–H groups in total. The summed E-state index contributed by atoms with van der Waals surface area (Å²) in [6.07, 6.45) is 8.47. The molecule has 40 heteroatoms. The molecule has 2 aromatic heterocycles. The van der Waals surface area contributed by atoms with Crippen molar-refractivity contribution >= 4 is 154 Å². The first-order valence-electron chi connectivity index (χ1n) is 44.5. The number of fused-ring (bicyclic) bond motifs is 7. The molecule has 36 nitrogen and oxygen atoms in total. The predicted octanol–water partition coefficient (Wildman–Crippen LogP) is 5.98. The van der Waals surface area contributed by atoms with E-state index in [0.29, 0.717) is 129 Å². The summed E-state index contributed by atoms with van der Waals surface area (Å²) < 4.78 is 23.3. The molecule has 1 aliphatic carbocycles. The van der Waals surface area contributed by atoms with E-state index in [4.69, 9.17) is 31.1 Å². The Labute approximate surface area is 785 Å². The molecule has 4 aromatic carbocycles. The average Bonchev–Trinajstić information content (AvgIpc) is 1.47. The van der Waals surface area contributed by atoms with Gasteiger partial charge in [0.2, 0.25) is 23.7 Å². The van der Waals surface area contributed by atoms with Gasteiger partial charge in [-0.05, 0) is 136 Å². The number of carboxylic acids is 2. The maximum Gasteiger partial charge on any atom is 0.426 e. The standard InChI is InChI=1S/C93H118N14O22S4/c1-10-31-107(50-57-18-23-68-64(43-57)80(116)101-86(94)100-68)60-21-19-59(20-22-60)79(115)98-69(81(117)118)24-25-75(112)128-35-39-132-130-37-27-61(109)41-54(4)77(113)96-56(6)72(110)42-55(5)78(114)99-70(82(119)120)48-95-74(111)28-38-131-133-40-36-129-87(123)103-102-85(122)93(125)84(121)90(12-3)29-15-32-106-34-30-92(83(90)106)65-44-66(73(126-9)45-71(65)104(8)88(92,93)7)91(52-127-53-108)47-58-46-89(124,11-2)51-105(49-58)33-26-63-62-16-13-14-17-67(62)97-76(63)91/h1,13-23,29,43-45,53-56,58,69-70,83-84,97,121,124-125H,11-12,24-28,30-42,46-52H2,2-9H3,(H,95,111)(H,96,113)(H,98,115)(H,99,114)(H,102,122)(H,103,123)(H,117,118)(H,119,120)(H3,94,100,101,116)/t54-,55-,56+,58?,69+,70+,83+,84-,88-,89+,90-,91+,92-,93-/m1/s1. The van der Waals surface area contributed by atoms with Crippen molar-refractivity contribution in [3.05, 3.63) is 135 Å². The molecule has 0 radical (unpaired) electrons. The number of Topliss-reactive ketones (excluding diaryl/α,β-unsaturated/α-hetero) is 2. The number of methoxy groups -OCH3 is 1. The minimum absolute atomic E-state index is 0.00545. The first-order valence-corrected chi connectivity index (χ1v) is 49.5. The summed E-state index contributed by atoms with van der Waals surface area (Å²) in [5.41, 5.74) is 8.15. The third-order valence-corrected chi connectivity index (χ3v) is 32.1. The van der Waals surface area contributed by atoms with Gasteiger partial charge in [0.1, 0.15) is 49.5 Å². The number of aromatic amines is 2. The minimum Gasteiger partial charge on any atom is -0.496 e. The summed E-state index contributed by atoms with van der Waals surface area (Å²) in [4.78, 5) is 189. The van der Waals surface area contributed by atoms with Crippen LogP contribution in [-0.4, -0.2) is 272 Å². The van der Waals surface area contributed by atoms with Crippen molar-refractivity contribution in [1.29, 1.82) is 0 Å². The maximum atomic E-state index is 15.4. The van der Waals surface area contributed by atoms with Crippen molar-refractivity contribution in [2.45, 2.75) is 183 Å². The van der Waals surface area contributed by atoms with Gasteiger partial charge >= 0.3 is 24.0 Å². The molecule has 6 aliphatic rings. The van der Waals surface area contributed by atoms with E-state index in [-0.39, 0.29) is 99.6 Å². The zero-order valence-electron chi connectivity index (χ0n) is 75.6. The molecule has 1 spiro atoms. The largest absolute Gasteiger partial charge is 0.496 e. The number of aliphatic hydroxyl groups is 3. The molecule has 15 atom stereocenters. The molecule has 12 rings (SSSR count). The number of hydrogen-bond acceptors (Lipinski definition) is 30. The lowest BCUT2D eigenvalue weighted by Crippen LogP contribution is -2.87. The topological polar surface area (TPSA) is 516 Å². The van der Waals surface area contributed by atoms with Crippen molar-refractivity contribution in [1.82, 2.24) is 56.9 Å². The lowest BCUT2D eigenvalue weighted by molar-refractivity contribution is -0.224. The normalized spacial score (nSPS) is 24.3. The number of esters is 1. The molecule has 5 aliphatic heterocycles. The highest BCUT2D eigenvalue weighted by molar-refractivity contribution is 8.77. The SMILES string of the molecule is C#CCN(Cc1ccc2nc(N)[nH]c(=O)c2c1)c1ccc(C(=O)N[C@@H](CCC(=O)OCCSSCCC(=O)C[C@@H](C)C(=O)N[C@@H](C)C(=O)C[C@@H](C)C(=O)N[C@@H](CNC(=O)CCSSCCOC(=O)NNC(=O)[C@]2(O)[C@H](O)[C@]3(CC)C=CCN4CC[C@@]5(c6cc([C@@]7(COC=O)CC8CN(CCc9c7[nH]c7ccccc97)C[C@](O)(CC)C8)c(OC)cc6N(C)[C@@]25C)[C@@H]43)C(=O)O)C(=O)O)cc1. The fourth-order valence-electron chi connectivity index (χ4n) is 20.5. The highest BCUT2D eigenvalue weighted by atomic mass is 33.1. The summed E-state index contributed by atoms with van der Waals surface area (Å²) >= 11 is 0. The third kappa shape index (κ3) is 21.4. The molecule has 6 aromatic rings. The van der Waals surface area contributed by atoms with E-state index in [1.807, 2.05) is 60.1 Å². The number of nitrogens with one attached hydrogen (secondary N) is 8. The van der Waals surface area contributed by atoms with Crippen LogP contribution < -0.4 is 57.9 Å². The van der Waals surface area contributed by atoms with Gasteiger partial charge in [0.15, 0.2) is 11.4 Å². The second-order valence-corrected chi connectivity index (χ2v) is 40.8. The Morgan fingerprint density at radius 3 is 2.20 bits per heavy atom. The smallest absolute Gasteiger partial charge is 0.426 e. The van der Waals surface area contributed by atoms with Crippen LogP contribution in [0.1, 0.15) is 150 Å². The van der Waals surface area contributed by atoms with Crippen molar-refractivity contribution in [2.24, 2.45) is 23.2 Å². The highest BCUT2D eigenvalue weighted by Gasteiger charge is 2.84. The molecular formula is C93H118N14O22S4. The predicted molar refractivity (Wildman–Crippen MR) is 505 cm³/mol. The van der Waals surface area contributed by atoms with Crippen LogP contribution in [0.5, 0.6) is 5.75 Å². The number of hydrazine groups is 1. The molecule has 3 fully saturated rings. The number of para-hydroxylation sites is 1. The zero-order valence-corrected chi connectivity index (χ0v) is 78.9. The Bertz CT molecular complexity index is 5510. The third-order valence-electron chi connectivity index (χ3n) is 27.3. The number of carbonyl (C=O) groups excluding carboxylic acids is 10. The van der Waals surface area contributed by atoms with E-state index in [2.05, 4.69) is 74.9 Å². The van der Waals surface area contributed by atoms with Gasteiger partial charge in [0.05, 0.1) is 47.2 Å². The van der Waals surface area contributed by atoms with Gasteiger partial charge in [-0.2, -0.15) is 0 Å². The molecule has 716 valence electrons. The Morgan fingerprint density at radius 1 is 0.797 bits per heavy atom. The number of rotatable bonds is 44. The first-order chi connectivity index (χ1) is 63.5. The van der Waals surface area contributed by atoms with Crippen molar-refractivity contribution in [2.75, 3.05) is 118 Å². The number of carbonyl (C=O) groups is 12. The summed E-state index contributed by atoms with van der Waals surface area (Å²) in [6, 6.07) is 19.0. The van der Waals surface area contributed by atoms with E-state index in [1.54, 1.807) is 51.4 Å². The monoisotopic (exact) mass is 1910 g/mol. The first kappa shape index (κ1) is 101. The number of hydrogen-bond donors (Lipinski definition) is 14. The Morgan fingerprint density at radius 2 is 1.50 bits per heavy atom. The molecule has 1 saturated carbocycles. The van der Waals surface area contributed by atoms with Crippen LogP contribution >= 0.6 is 43.2 Å².